The van der Waals surface area contributed by atoms with Crippen molar-refractivity contribution in [2.24, 2.45) is 17.2 Å². The molecule has 2 aromatic rings. The van der Waals surface area contributed by atoms with Crippen LogP contribution in [0.3, 0.4) is 0 Å². The Balaban J connectivity index is 2.30. The van der Waals surface area contributed by atoms with Crippen molar-refractivity contribution in [3.05, 3.63) is 47.5 Å². The normalized spacial score (nSPS) is 18.6. The van der Waals surface area contributed by atoms with Gasteiger partial charge in [0, 0.05) is 37.7 Å². The van der Waals surface area contributed by atoms with Crippen LogP contribution in [0, 0.1) is 0 Å². The molecule has 5 atom stereocenters. The first-order valence-corrected chi connectivity index (χ1v) is 19.7. The standard InChI is InChI=1S/C36H54N8O9S/c1-21(23(3)45)40-34(47)29-19-24-9-11-30(52-16-14-38)26(18-24)27-20-25(10-12-31(27)53-17-15-39)32(35(48)41-22(2)33(46)42-29)44(4)36(49)28(8-6-7-13-37)43-54(5,50)51/h9-12,18,20-22,28-29,32,43H,6-8,13-17,19,37-39H2,1-5H3,(H,40,47)(H,41,48)(H,42,46)/t21-,22-,28-,29-,32-/m0/s1. The quantitative estimate of drug-likeness (QED) is 0.0976. The van der Waals surface area contributed by atoms with Gasteiger partial charge in [-0.3, -0.25) is 24.0 Å². The number of carbonyl (C=O) groups is 5. The summed E-state index contributed by atoms with van der Waals surface area (Å²) < 4.78 is 39.1. The van der Waals surface area contributed by atoms with Crippen molar-refractivity contribution in [3.63, 3.8) is 0 Å². The smallest absolute Gasteiger partial charge is 0.248 e. The van der Waals surface area contributed by atoms with Crippen LogP contribution in [-0.2, 0) is 40.4 Å². The van der Waals surface area contributed by atoms with Crippen molar-refractivity contribution in [1.82, 2.24) is 25.6 Å². The Morgan fingerprint density at radius 3 is 2.11 bits per heavy atom. The zero-order valence-electron chi connectivity index (χ0n) is 31.5. The van der Waals surface area contributed by atoms with Gasteiger partial charge in [0.2, 0.25) is 33.7 Å². The van der Waals surface area contributed by atoms with E-state index in [1.54, 1.807) is 36.4 Å². The molecule has 0 aromatic heterocycles. The average molecular weight is 775 g/mol. The van der Waals surface area contributed by atoms with Crippen molar-refractivity contribution < 1.29 is 41.9 Å². The molecular formula is C36H54N8O9S. The van der Waals surface area contributed by atoms with E-state index in [9.17, 15) is 32.4 Å². The molecule has 0 saturated carbocycles. The molecule has 0 spiro atoms. The number of sulfonamides is 1. The molecule has 18 heteroatoms. The Hall–Kier alpha value is -4.62. The lowest BCUT2D eigenvalue weighted by Crippen LogP contribution is -2.56. The summed E-state index contributed by atoms with van der Waals surface area (Å²) in [6, 6.07) is 4.17. The minimum Gasteiger partial charge on any atom is -0.492 e. The summed E-state index contributed by atoms with van der Waals surface area (Å²) >= 11 is 0. The van der Waals surface area contributed by atoms with Gasteiger partial charge in [-0.25, -0.2) is 13.1 Å². The van der Waals surface area contributed by atoms with Gasteiger partial charge in [0.1, 0.15) is 48.9 Å². The molecule has 1 aliphatic heterocycles. The zero-order chi connectivity index (χ0) is 40.2. The van der Waals surface area contributed by atoms with Crippen LogP contribution in [0.1, 0.15) is 57.2 Å². The van der Waals surface area contributed by atoms with Crippen molar-refractivity contribution in [1.29, 1.82) is 0 Å². The van der Waals surface area contributed by atoms with Crippen molar-refractivity contribution in [3.8, 4) is 22.6 Å². The third-order valence-corrected chi connectivity index (χ3v) is 9.50. The lowest BCUT2D eigenvalue weighted by Gasteiger charge is -2.32. The summed E-state index contributed by atoms with van der Waals surface area (Å²) in [5, 5.41) is 7.99. The highest BCUT2D eigenvalue weighted by molar-refractivity contribution is 7.88. The summed E-state index contributed by atoms with van der Waals surface area (Å²) in [4.78, 5) is 68.7. The molecule has 0 unspecified atom stereocenters. The summed E-state index contributed by atoms with van der Waals surface area (Å²) in [5.41, 5.74) is 19.0. The fourth-order valence-electron chi connectivity index (χ4n) is 5.86. The molecule has 0 aliphatic carbocycles. The molecule has 3 rings (SSSR count). The average Bonchev–Trinajstić information content (AvgIpc) is 3.11. The molecule has 54 heavy (non-hydrogen) atoms. The van der Waals surface area contributed by atoms with Gasteiger partial charge in [0.05, 0.1) is 12.3 Å². The molecule has 1 heterocycles. The van der Waals surface area contributed by atoms with Crippen molar-refractivity contribution in [2.45, 2.75) is 76.7 Å². The second kappa shape index (κ2) is 20.2. The first-order chi connectivity index (χ1) is 25.5. The van der Waals surface area contributed by atoms with Crippen LogP contribution in [-0.4, -0.2) is 113 Å². The number of nitrogens with one attached hydrogen (secondary N) is 4. The highest BCUT2D eigenvalue weighted by Gasteiger charge is 2.36. The van der Waals surface area contributed by atoms with E-state index >= 15 is 0 Å². The lowest BCUT2D eigenvalue weighted by atomic mass is 9.93. The number of likely N-dealkylation sites (N-methyl/N-ethyl adjacent to an activating group) is 1. The fraction of sp³-hybridized carbons (Fsp3) is 0.528. The maximum atomic E-state index is 14.3. The van der Waals surface area contributed by atoms with Crippen molar-refractivity contribution >= 4 is 39.4 Å². The highest BCUT2D eigenvalue weighted by Crippen LogP contribution is 2.40. The number of amides is 4. The van der Waals surface area contributed by atoms with Crippen LogP contribution in [0.2, 0.25) is 0 Å². The van der Waals surface area contributed by atoms with Gasteiger partial charge in [0.15, 0.2) is 5.78 Å². The predicted molar refractivity (Wildman–Crippen MR) is 203 cm³/mol. The number of Topliss-reactive ketones (excluding diaryl/α,β-unsaturated/α-hetero) is 1. The monoisotopic (exact) mass is 774 g/mol. The van der Waals surface area contributed by atoms with Crippen molar-refractivity contribution in [2.75, 3.05) is 46.2 Å². The Kier molecular flexibility index (Phi) is 16.4. The van der Waals surface area contributed by atoms with E-state index in [0.29, 0.717) is 53.1 Å². The number of hydrogen-bond acceptors (Lipinski definition) is 12. The van der Waals surface area contributed by atoms with Crippen LogP contribution in [0.4, 0.5) is 0 Å². The number of nitrogens with zero attached hydrogens (tertiary/aromatic N) is 1. The number of benzene rings is 2. The fourth-order valence-corrected chi connectivity index (χ4v) is 6.59. The minimum absolute atomic E-state index is 0.00946. The number of nitrogens with two attached hydrogens (primary N) is 3. The molecule has 1 aliphatic rings. The second-order valence-corrected chi connectivity index (χ2v) is 15.1. The first kappa shape index (κ1) is 43.8. The third-order valence-electron chi connectivity index (χ3n) is 8.78. The summed E-state index contributed by atoms with van der Waals surface area (Å²) in [6.45, 7) is 5.27. The van der Waals surface area contributed by atoms with Crippen LogP contribution >= 0.6 is 0 Å². The molecule has 2 aromatic carbocycles. The highest BCUT2D eigenvalue weighted by atomic mass is 32.2. The Bertz CT molecular complexity index is 1770. The molecule has 0 saturated heterocycles. The molecule has 10 N–H and O–H groups in total. The first-order valence-electron chi connectivity index (χ1n) is 17.8. The molecule has 0 fully saturated rings. The van der Waals surface area contributed by atoms with Gasteiger partial charge < -0.3 is 47.5 Å². The van der Waals surface area contributed by atoms with E-state index in [0.717, 1.165) is 11.2 Å². The van der Waals surface area contributed by atoms with E-state index in [1.165, 1.54) is 27.8 Å². The van der Waals surface area contributed by atoms with Gasteiger partial charge in [-0.15, -0.1) is 0 Å². The number of fused-ring (bicyclic) bond motifs is 5. The predicted octanol–water partition coefficient (Wildman–Crippen LogP) is -0.786. The second-order valence-electron chi connectivity index (χ2n) is 13.3. The number of ether oxygens (including phenoxy) is 2. The molecule has 0 radical (unpaired) electrons. The van der Waals surface area contributed by atoms with Gasteiger partial charge in [-0.2, -0.15) is 0 Å². The number of carbonyl (C=O) groups excluding carboxylic acids is 5. The van der Waals surface area contributed by atoms with E-state index in [2.05, 4.69) is 20.7 Å². The van der Waals surface area contributed by atoms with Gasteiger partial charge >= 0.3 is 0 Å². The van der Waals surface area contributed by atoms with Gasteiger partial charge in [-0.05, 0) is 75.5 Å². The topological polar surface area (TPSA) is 267 Å². The van der Waals surface area contributed by atoms with Crippen LogP contribution in [0.25, 0.3) is 11.1 Å². The third kappa shape index (κ3) is 12.2. The maximum Gasteiger partial charge on any atom is 0.248 e. The molecule has 298 valence electrons. The number of hydrogen-bond donors (Lipinski definition) is 7. The van der Waals surface area contributed by atoms with Crippen LogP contribution in [0.5, 0.6) is 11.5 Å². The largest absolute Gasteiger partial charge is 0.492 e. The zero-order valence-corrected chi connectivity index (χ0v) is 32.3. The summed E-state index contributed by atoms with van der Waals surface area (Å²) in [5.74, 6) is -2.35. The lowest BCUT2D eigenvalue weighted by molar-refractivity contribution is -0.141. The molecule has 17 nitrogen and oxygen atoms in total. The van der Waals surface area contributed by atoms with Crippen LogP contribution in [0.15, 0.2) is 36.4 Å². The van der Waals surface area contributed by atoms with Gasteiger partial charge in [-0.1, -0.05) is 18.6 Å². The van der Waals surface area contributed by atoms with Crippen LogP contribution < -0.4 is 47.3 Å². The van der Waals surface area contributed by atoms with E-state index in [1.807, 2.05) is 0 Å². The number of unbranched alkanes of at least 4 members (excludes halogenated alkanes) is 1. The molecule has 4 amide bonds. The maximum absolute atomic E-state index is 14.3. The Morgan fingerprint density at radius 1 is 0.926 bits per heavy atom. The summed E-state index contributed by atoms with van der Waals surface area (Å²) in [7, 11) is -2.49. The van der Waals surface area contributed by atoms with E-state index in [-0.39, 0.29) is 44.9 Å². The van der Waals surface area contributed by atoms with E-state index < -0.39 is 63.9 Å². The van der Waals surface area contributed by atoms with E-state index in [4.69, 9.17) is 26.7 Å². The Morgan fingerprint density at radius 2 is 1.54 bits per heavy atom. The molecule has 4 bridgehead atoms. The Labute approximate surface area is 316 Å². The summed E-state index contributed by atoms with van der Waals surface area (Å²) in [6.07, 6.45) is 1.99. The minimum atomic E-state index is -3.86. The number of ketones is 1. The number of rotatable bonds is 17. The van der Waals surface area contributed by atoms with Gasteiger partial charge in [0.25, 0.3) is 0 Å². The molecular weight excluding hydrogens is 721 g/mol. The SMILES string of the molecule is CC(=O)[C@H](C)NC(=O)[C@@H]1Cc2ccc(OCCN)c(c2)-c2cc(ccc2OCCN)[C@H](N(C)C(=O)[C@H](CCCCN)NS(C)(=O)=O)C(=O)N[C@@H](C)C(=O)N1.